The molecule has 0 saturated heterocycles. The quantitative estimate of drug-likeness (QED) is 0.590. The van der Waals surface area contributed by atoms with Crippen LogP contribution in [0.2, 0.25) is 0 Å². The summed E-state index contributed by atoms with van der Waals surface area (Å²) >= 11 is 0. The zero-order chi connectivity index (χ0) is 13.7. The van der Waals surface area contributed by atoms with Crippen molar-refractivity contribution in [1.82, 2.24) is 0 Å². The van der Waals surface area contributed by atoms with E-state index in [4.69, 9.17) is 0 Å². The summed E-state index contributed by atoms with van der Waals surface area (Å²) < 4.78 is 11.8. The van der Waals surface area contributed by atoms with Gasteiger partial charge < -0.3 is 14.9 Å². The molecule has 0 spiro atoms. The van der Waals surface area contributed by atoms with Gasteiger partial charge >= 0.3 is 7.60 Å². The van der Waals surface area contributed by atoms with Gasteiger partial charge in [0.1, 0.15) is 0 Å². The molecule has 0 bridgehead atoms. The van der Waals surface area contributed by atoms with Crippen molar-refractivity contribution in [2.24, 2.45) is 5.92 Å². The molecule has 4 nitrogen and oxygen atoms in total. The fourth-order valence-corrected chi connectivity index (χ4v) is 4.39. The van der Waals surface area contributed by atoms with Crippen molar-refractivity contribution in [3.05, 3.63) is 0 Å². The van der Waals surface area contributed by atoms with Crippen molar-refractivity contribution in [1.29, 1.82) is 0 Å². The minimum Gasteiger partial charge on any atom is -0.393 e. The van der Waals surface area contributed by atoms with Crippen LogP contribution in [0.15, 0.2) is 0 Å². The molecule has 104 valence electrons. The van der Waals surface area contributed by atoms with Crippen LogP contribution in [0.3, 0.4) is 0 Å². The van der Waals surface area contributed by atoms with Gasteiger partial charge in [-0.3, -0.25) is 4.57 Å². The first-order valence-corrected chi connectivity index (χ1v) is 8.11. The van der Waals surface area contributed by atoms with Crippen LogP contribution in [0.4, 0.5) is 0 Å². The standard InChI is InChI=1S/C12H27O4P/c1-5-8-9-11(10(4)13)12(6-2,7-3)17(14,15)16/h10-11,13H,5-9H2,1-4H3,(H2,14,15,16). The average Bonchev–Trinajstić information content (AvgIpc) is 2.22. The lowest BCUT2D eigenvalue weighted by molar-refractivity contribution is 0.0762. The highest BCUT2D eigenvalue weighted by Crippen LogP contribution is 2.60. The smallest absolute Gasteiger partial charge is 0.331 e. The average molecular weight is 266 g/mol. The molecule has 17 heavy (non-hydrogen) atoms. The molecule has 2 unspecified atom stereocenters. The maximum atomic E-state index is 11.8. The summed E-state index contributed by atoms with van der Waals surface area (Å²) in [6.45, 7) is 7.26. The van der Waals surface area contributed by atoms with Crippen LogP contribution >= 0.6 is 7.60 Å². The Labute approximate surface area is 105 Å². The summed E-state index contributed by atoms with van der Waals surface area (Å²) in [6.07, 6.45) is 2.63. The Hall–Kier alpha value is 0.110. The molecule has 0 aromatic heterocycles. The lowest BCUT2D eigenvalue weighted by atomic mass is 9.80. The van der Waals surface area contributed by atoms with Crippen LogP contribution in [0.1, 0.15) is 59.8 Å². The van der Waals surface area contributed by atoms with Gasteiger partial charge in [-0.1, -0.05) is 33.6 Å². The van der Waals surface area contributed by atoms with E-state index in [1.165, 1.54) is 0 Å². The van der Waals surface area contributed by atoms with E-state index in [1.807, 2.05) is 6.92 Å². The number of hydrogen-bond acceptors (Lipinski definition) is 2. The van der Waals surface area contributed by atoms with Crippen LogP contribution < -0.4 is 0 Å². The van der Waals surface area contributed by atoms with E-state index in [-0.39, 0.29) is 5.92 Å². The molecule has 0 amide bonds. The highest BCUT2D eigenvalue weighted by Gasteiger charge is 2.50. The topological polar surface area (TPSA) is 77.8 Å². The van der Waals surface area contributed by atoms with Crippen molar-refractivity contribution in [2.75, 3.05) is 0 Å². The second-order valence-corrected chi connectivity index (χ2v) is 6.82. The Kier molecular flexibility index (Phi) is 6.93. The molecule has 0 radical (unpaired) electrons. The van der Waals surface area contributed by atoms with Crippen LogP contribution in [0, 0.1) is 5.92 Å². The van der Waals surface area contributed by atoms with Gasteiger partial charge in [0.05, 0.1) is 11.3 Å². The van der Waals surface area contributed by atoms with Gasteiger partial charge in [0.15, 0.2) is 0 Å². The molecule has 0 aliphatic carbocycles. The normalized spacial score (nSPS) is 16.9. The lowest BCUT2D eigenvalue weighted by Crippen LogP contribution is -2.42. The summed E-state index contributed by atoms with van der Waals surface area (Å²) in [5.74, 6) is -0.335. The van der Waals surface area contributed by atoms with E-state index >= 15 is 0 Å². The third kappa shape index (κ3) is 3.78. The largest absolute Gasteiger partial charge is 0.393 e. The fraction of sp³-hybridized carbons (Fsp3) is 1.00. The molecule has 5 heteroatoms. The van der Waals surface area contributed by atoms with Crippen molar-refractivity contribution in [3.63, 3.8) is 0 Å². The van der Waals surface area contributed by atoms with Gasteiger partial charge in [-0.25, -0.2) is 0 Å². The SMILES string of the molecule is CCCCC(C(C)O)C(CC)(CC)P(=O)(O)O. The van der Waals surface area contributed by atoms with Crippen molar-refractivity contribution in [3.8, 4) is 0 Å². The third-order valence-corrected chi connectivity index (χ3v) is 6.07. The third-order valence-electron chi connectivity index (χ3n) is 3.95. The van der Waals surface area contributed by atoms with E-state index in [0.717, 1.165) is 12.8 Å². The van der Waals surface area contributed by atoms with Crippen molar-refractivity contribution < 1.29 is 19.5 Å². The highest BCUT2D eigenvalue weighted by atomic mass is 31.2. The Morgan fingerprint density at radius 3 is 1.88 bits per heavy atom. The fourth-order valence-electron chi connectivity index (χ4n) is 2.79. The summed E-state index contributed by atoms with van der Waals surface area (Å²) in [5.41, 5.74) is 0. The molecule has 0 aromatic rings. The minimum atomic E-state index is -4.22. The van der Waals surface area contributed by atoms with Crippen LogP contribution in [0.5, 0.6) is 0 Å². The summed E-state index contributed by atoms with van der Waals surface area (Å²) in [4.78, 5) is 19.3. The number of unbranched alkanes of at least 4 members (excludes halogenated alkanes) is 1. The summed E-state index contributed by atoms with van der Waals surface area (Å²) in [6, 6.07) is 0. The Morgan fingerprint density at radius 2 is 1.65 bits per heavy atom. The molecule has 0 aliphatic heterocycles. The van der Waals surface area contributed by atoms with Crippen LogP contribution in [-0.2, 0) is 4.57 Å². The van der Waals surface area contributed by atoms with Gasteiger partial charge in [-0.2, -0.15) is 0 Å². The maximum absolute atomic E-state index is 11.8. The van der Waals surface area contributed by atoms with Crippen molar-refractivity contribution in [2.45, 2.75) is 71.1 Å². The minimum absolute atomic E-state index is 0.335. The lowest BCUT2D eigenvalue weighted by Gasteiger charge is -2.41. The number of hydrogen-bond donors (Lipinski definition) is 3. The van der Waals surface area contributed by atoms with Crippen LogP contribution in [-0.4, -0.2) is 26.2 Å². The molecule has 2 atom stereocenters. The zero-order valence-electron chi connectivity index (χ0n) is 11.4. The molecule has 0 aromatic carbocycles. The second kappa shape index (κ2) is 6.89. The first kappa shape index (κ1) is 17.1. The van der Waals surface area contributed by atoms with Gasteiger partial charge in [0.2, 0.25) is 0 Å². The molecule has 0 heterocycles. The highest BCUT2D eigenvalue weighted by molar-refractivity contribution is 7.53. The Balaban J connectivity index is 5.29. The molecule has 0 fully saturated rings. The summed E-state index contributed by atoms with van der Waals surface area (Å²) in [5, 5.41) is 8.78. The second-order valence-electron chi connectivity index (χ2n) is 4.84. The van der Waals surface area contributed by atoms with Gasteiger partial charge in [0.25, 0.3) is 0 Å². The van der Waals surface area contributed by atoms with Crippen molar-refractivity contribution >= 4 is 7.60 Å². The summed E-state index contributed by atoms with van der Waals surface area (Å²) in [7, 11) is -4.22. The number of aliphatic hydroxyl groups excluding tert-OH is 1. The zero-order valence-corrected chi connectivity index (χ0v) is 12.3. The van der Waals surface area contributed by atoms with E-state index in [0.29, 0.717) is 19.3 Å². The molecule has 0 rings (SSSR count). The number of aliphatic hydroxyl groups is 1. The number of rotatable bonds is 8. The predicted molar refractivity (Wildman–Crippen MR) is 70.1 cm³/mol. The van der Waals surface area contributed by atoms with Gasteiger partial charge in [-0.05, 0) is 26.2 Å². The molecule has 0 saturated carbocycles. The van der Waals surface area contributed by atoms with E-state index < -0.39 is 18.9 Å². The van der Waals surface area contributed by atoms with Gasteiger partial charge in [-0.15, -0.1) is 0 Å². The maximum Gasteiger partial charge on any atom is 0.331 e. The molecular formula is C12H27O4P. The first-order chi connectivity index (χ1) is 7.76. The van der Waals surface area contributed by atoms with E-state index in [1.54, 1.807) is 20.8 Å². The van der Waals surface area contributed by atoms with Crippen LogP contribution in [0.25, 0.3) is 0 Å². The van der Waals surface area contributed by atoms with Gasteiger partial charge in [0, 0.05) is 5.92 Å². The Morgan fingerprint density at radius 1 is 1.18 bits per heavy atom. The molecular weight excluding hydrogens is 239 g/mol. The first-order valence-electron chi connectivity index (χ1n) is 6.50. The molecule has 0 aliphatic rings. The van der Waals surface area contributed by atoms with E-state index in [9.17, 15) is 19.5 Å². The molecule has 3 N–H and O–H groups in total. The Bertz CT molecular complexity index is 255. The predicted octanol–water partition coefficient (Wildman–Crippen LogP) is 2.91. The van der Waals surface area contributed by atoms with E-state index in [2.05, 4.69) is 0 Å². The monoisotopic (exact) mass is 266 g/mol.